The van der Waals surface area contributed by atoms with E-state index in [-0.39, 0.29) is 5.92 Å². The molecule has 1 heteroatoms. The molecule has 21 heavy (non-hydrogen) atoms. The van der Waals surface area contributed by atoms with Gasteiger partial charge in [0.15, 0.2) is 0 Å². The average Bonchev–Trinajstić information content (AvgIpc) is 2.52. The van der Waals surface area contributed by atoms with Crippen LogP contribution in [0.15, 0.2) is 61.2 Å². The molecule has 1 unspecified atom stereocenters. The predicted molar refractivity (Wildman–Crippen MR) is 89.9 cm³/mol. The summed E-state index contributed by atoms with van der Waals surface area (Å²) in [5, 5.41) is 0. The molecule has 0 radical (unpaired) electrons. The summed E-state index contributed by atoms with van der Waals surface area (Å²) < 4.78 is 6.19. The van der Waals surface area contributed by atoms with Crippen molar-refractivity contribution < 1.29 is 4.74 Å². The summed E-state index contributed by atoms with van der Waals surface area (Å²) in [6.45, 7) is 11.1. The molecule has 0 aliphatic heterocycles. The third-order valence-corrected chi connectivity index (χ3v) is 3.77. The maximum absolute atomic E-state index is 6.19. The van der Waals surface area contributed by atoms with Crippen LogP contribution in [0.4, 0.5) is 0 Å². The summed E-state index contributed by atoms with van der Waals surface area (Å²) in [4.78, 5) is 0. The van der Waals surface area contributed by atoms with Gasteiger partial charge in [-0.2, -0.15) is 0 Å². The maximum atomic E-state index is 6.19. The third-order valence-electron chi connectivity index (χ3n) is 3.77. The van der Waals surface area contributed by atoms with Crippen molar-refractivity contribution in [3.63, 3.8) is 0 Å². The zero-order valence-corrected chi connectivity index (χ0v) is 13.2. The second kappa shape index (κ2) is 7.12. The van der Waals surface area contributed by atoms with E-state index in [9.17, 15) is 0 Å². The lowest BCUT2D eigenvalue weighted by Gasteiger charge is -2.20. The molecule has 0 bridgehead atoms. The van der Waals surface area contributed by atoms with Crippen LogP contribution in [0.3, 0.4) is 0 Å². The van der Waals surface area contributed by atoms with Gasteiger partial charge in [-0.1, -0.05) is 75.4 Å². The van der Waals surface area contributed by atoms with Gasteiger partial charge in [-0.25, -0.2) is 0 Å². The van der Waals surface area contributed by atoms with E-state index < -0.39 is 0 Å². The van der Waals surface area contributed by atoms with Crippen molar-refractivity contribution >= 4 is 0 Å². The molecular weight excluding hydrogens is 256 g/mol. The van der Waals surface area contributed by atoms with Crippen LogP contribution in [0.2, 0.25) is 0 Å². The van der Waals surface area contributed by atoms with Crippen molar-refractivity contribution in [1.29, 1.82) is 0 Å². The van der Waals surface area contributed by atoms with Crippen LogP contribution in [-0.4, -0.2) is 0 Å². The van der Waals surface area contributed by atoms with Gasteiger partial charge in [-0.15, -0.1) is 6.58 Å². The number of para-hydroxylation sites is 1. The van der Waals surface area contributed by atoms with Crippen LogP contribution >= 0.6 is 0 Å². The quantitative estimate of drug-likeness (QED) is 0.619. The van der Waals surface area contributed by atoms with E-state index in [0.717, 1.165) is 5.75 Å². The molecule has 0 saturated carbocycles. The van der Waals surface area contributed by atoms with Crippen LogP contribution in [-0.2, 0) is 6.61 Å². The minimum atomic E-state index is 0.287. The van der Waals surface area contributed by atoms with Crippen molar-refractivity contribution in [3.05, 3.63) is 77.9 Å². The largest absolute Gasteiger partial charge is 0.488 e. The Morgan fingerprint density at radius 2 is 1.62 bits per heavy atom. The molecule has 0 spiro atoms. The van der Waals surface area contributed by atoms with Crippen LogP contribution in [0, 0.1) is 0 Å². The van der Waals surface area contributed by atoms with Crippen molar-refractivity contribution in [2.75, 3.05) is 0 Å². The zero-order chi connectivity index (χ0) is 15.2. The van der Waals surface area contributed by atoms with Gasteiger partial charge in [0.1, 0.15) is 12.4 Å². The zero-order valence-electron chi connectivity index (χ0n) is 13.2. The van der Waals surface area contributed by atoms with Crippen LogP contribution < -0.4 is 4.74 Å². The van der Waals surface area contributed by atoms with E-state index in [1.54, 1.807) is 0 Å². The second-order valence-corrected chi connectivity index (χ2v) is 5.72. The fourth-order valence-corrected chi connectivity index (χ4v) is 2.41. The third kappa shape index (κ3) is 3.75. The average molecular weight is 280 g/mol. The molecule has 0 N–H and O–H groups in total. The lowest BCUT2D eigenvalue weighted by atomic mass is 9.93. The Labute approximate surface area is 128 Å². The number of benzene rings is 2. The lowest BCUT2D eigenvalue weighted by Crippen LogP contribution is -2.04. The molecule has 2 rings (SSSR count). The van der Waals surface area contributed by atoms with E-state index in [0.29, 0.717) is 12.5 Å². The molecule has 0 aromatic heterocycles. The second-order valence-electron chi connectivity index (χ2n) is 5.72. The Balaban J connectivity index is 2.32. The minimum absolute atomic E-state index is 0.287. The highest BCUT2D eigenvalue weighted by Crippen LogP contribution is 2.35. The summed E-state index contributed by atoms with van der Waals surface area (Å²) >= 11 is 0. The van der Waals surface area contributed by atoms with E-state index >= 15 is 0 Å². The summed E-state index contributed by atoms with van der Waals surface area (Å²) in [6.07, 6.45) is 1.97. The summed E-state index contributed by atoms with van der Waals surface area (Å²) in [7, 11) is 0. The molecule has 0 amide bonds. The van der Waals surface area contributed by atoms with Crippen molar-refractivity contribution in [2.24, 2.45) is 0 Å². The SMILES string of the molecule is C=CC(C)c1cccc(C(C)C)c1OCc1ccccc1. The molecule has 110 valence electrons. The van der Waals surface area contributed by atoms with E-state index in [2.05, 4.69) is 57.7 Å². The Kier molecular flexibility index (Phi) is 5.21. The van der Waals surface area contributed by atoms with Gasteiger partial charge in [0, 0.05) is 11.5 Å². The number of hydrogen-bond donors (Lipinski definition) is 0. The first-order valence-corrected chi connectivity index (χ1v) is 7.55. The normalized spacial score (nSPS) is 12.2. The molecular formula is C20H24O. The van der Waals surface area contributed by atoms with Gasteiger partial charge in [-0.05, 0) is 17.0 Å². The first kappa shape index (κ1) is 15.4. The van der Waals surface area contributed by atoms with Crippen LogP contribution in [0.25, 0.3) is 0 Å². The Morgan fingerprint density at radius 1 is 0.952 bits per heavy atom. The van der Waals surface area contributed by atoms with Gasteiger partial charge in [0.2, 0.25) is 0 Å². The molecule has 2 aromatic rings. The predicted octanol–water partition coefficient (Wildman–Crippen LogP) is 5.68. The van der Waals surface area contributed by atoms with Gasteiger partial charge in [-0.3, -0.25) is 0 Å². The monoisotopic (exact) mass is 280 g/mol. The number of allylic oxidation sites excluding steroid dienone is 1. The molecule has 1 atom stereocenters. The highest BCUT2D eigenvalue weighted by atomic mass is 16.5. The van der Waals surface area contributed by atoms with Crippen LogP contribution in [0.1, 0.15) is 49.3 Å². The van der Waals surface area contributed by atoms with Gasteiger partial charge >= 0.3 is 0 Å². The number of hydrogen-bond acceptors (Lipinski definition) is 1. The summed E-state index contributed by atoms with van der Waals surface area (Å²) in [6, 6.07) is 16.7. The minimum Gasteiger partial charge on any atom is -0.488 e. The van der Waals surface area contributed by atoms with Gasteiger partial charge in [0.25, 0.3) is 0 Å². The number of rotatable bonds is 6. The molecule has 0 aliphatic carbocycles. The van der Waals surface area contributed by atoms with E-state index in [4.69, 9.17) is 4.74 Å². The molecule has 1 nitrogen and oxygen atoms in total. The molecule has 0 fully saturated rings. The fourth-order valence-electron chi connectivity index (χ4n) is 2.41. The van der Waals surface area contributed by atoms with E-state index in [1.165, 1.54) is 16.7 Å². The molecule has 0 saturated heterocycles. The van der Waals surface area contributed by atoms with Crippen molar-refractivity contribution in [2.45, 2.75) is 39.2 Å². The standard InChI is InChI=1S/C20H24O/c1-5-16(4)19-13-9-12-18(15(2)3)20(19)21-14-17-10-7-6-8-11-17/h5-13,15-16H,1,14H2,2-4H3. The van der Waals surface area contributed by atoms with E-state index in [1.807, 2.05) is 24.3 Å². The first-order chi connectivity index (χ1) is 10.1. The topological polar surface area (TPSA) is 9.23 Å². The Bertz CT molecular complexity index is 584. The van der Waals surface area contributed by atoms with Crippen molar-refractivity contribution in [3.8, 4) is 5.75 Å². The summed E-state index contributed by atoms with van der Waals surface area (Å²) in [5.41, 5.74) is 3.66. The van der Waals surface area contributed by atoms with Crippen molar-refractivity contribution in [1.82, 2.24) is 0 Å². The van der Waals surface area contributed by atoms with Crippen LogP contribution in [0.5, 0.6) is 5.75 Å². The molecule has 2 aromatic carbocycles. The Morgan fingerprint density at radius 3 is 2.24 bits per heavy atom. The highest BCUT2D eigenvalue weighted by molar-refractivity contribution is 5.46. The molecule has 0 aliphatic rings. The van der Waals surface area contributed by atoms with Gasteiger partial charge in [0.05, 0.1) is 0 Å². The Hall–Kier alpha value is -2.02. The maximum Gasteiger partial charge on any atom is 0.127 e. The number of ether oxygens (including phenoxy) is 1. The highest BCUT2D eigenvalue weighted by Gasteiger charge is 2.15. The first-order valence-electron chi connectivity index (χ1n) is 7.55. The fraction of sp³-hybridized carbons (Fsp3) is 0.300. The smallest absolute Gasteiger partial charge is 0.127 e. The molecule has 0 heterocycles. The lowest BCUT2D eigenvalue weighted by molar-refractivity contribution is 0.298. The van der Waals surface area contributed by atoms with Gasteiger partial charge < -0.3 is 4.74 Å². The summed E-state index contributed by atoms with van der Waals surface area (Å²) in [5.74, 6) is 1.74.